The zero-order valence-electron chi connectivity index (χ0n) is 23.5. The van der Waals surface area contributed by atoms with Crippen LogP contribution in [0.3, 0.4) is 0 Å². The van der Waals surface area contributed by atoms with E-state index in [2.05, 4.69) is 97.1 Å². The van der Waals surface area contributed by atoms with E-state index >= 15 is 0 Å². The van der Waals surface area contributed by atoms with E-state index in [9.17, 15) is 0 Å². The predicted molar refractivity (Wildman–Crippen MR) is 162 cm³/mol. The van der Waals surface area contributed by atoms with Crippen LogP contribution in [0.25, 0.3) is 11.1 Å². The normalized spacial score (nSPS) is 12.7. The minimum absolute atomic E-state index is 0. The summed E-state index contributed by atoms with van der Waals surface area (Å²) in [5.41, 5.74) is 10.9. The Hall–Kier alpha value is -2.44. The van der Waals surface area contributed by atoms with Gasteiger partial charge in [0.25, 0.3) is 0 Å². The Labute approximate surface area is 273 Å². The van der Waals surface area contributed by atoms with Crippen LogP contribution in [0.4, 0.5) is 0 Å². The van der Waals surface area contributed by atoms with E-state index in [0.717, 1.165) is 19.3 Å². The molecule has 0 saturated heterocycles. The summed E-state index contributed by atoms with van der Waals surface area (Å²) in [6, 6.07) is 46.5. The van der Waals surface area contributed by atoms with Gasteiger partial charge in [-0.2, -0.15) is 42.0 Å². The Morgan fingerprint density at radius 3 is 1.78 bits per heavy atom. The molecule has 0 spiro atoms. The van der Waals surface area contributed by atoms with Crippen LogP contribution in [0.2, 0.25) is 0 Å². The first-order valence-electron chi connectivity index (χ1n) is 14.2. The Balaban J connectivity index is 0.000000275. The molecule has 0 aliphatic heterocycles. The number of fused-ring (bicyclic) bond motifs is 3. The summed E-state index contributed by atoms with van der Waals surface area (Å²) in [6.07, 6.45) is 10.3. The molecular weight excluding hydrogens is 619 g/mol. The van der Waals surface area contributed by atoms with Gasteiger partial charge in [0.1, 0.15) is 0 Å². The average molecular weight is 655 g/mol. The van der Waals surface area contributed by atoms with E-state index in [4.69, 9.17) is 0 Å². The zero-order valence-corrected chi connectivity index (χ0v) is 27.4. The minimum Gasteiger partial charge on any atom is -0.214 e. The van der Waals surface area contributed by atoms with E-state index in [0.29, 0.717) is 0 Å². The maximum atomic E-state index is 3.69. The number of halogens is 2. The van der Waals surface area contributed by atoms with E-state index in [1.54, 1.807) is 27.4 Å². The SMILES string of the molecule is [Cl-].[Cl-].[Zr+2]=[C]1CCCCC1.[c-]1c(Cc2ccccc2)ccc2c1Cc1cc(Cc3ccccc3)ccc1-2.c1cc[cH-]c1. The maximum Gasteiger partial charge on any atom is -0.00257 e. The van der Waals surface area contributed by atoms with Crippen molar-refractivity contribution in [1.82, 2.24) is 0 Å². The Morgan fingerprint density at radius 2 is 1.22 bits per heavy atom. The summed E-state index contributed by atoms with van der Waals surface area (Å²) in [5.74, 6) is 0. The van der Waals surface area contributed by atoms with Crippen LogP contribution in [-0.4, -0.2) is 3.21 Å². The molecule has 208 valence electrons. The Bertz CT molecular complexity index is 1340. The Kier molecular flexibility index (Phi) is 14.1. The number of rotatable bonds is 4. The molecule has 2 aliphatic carbocycles. The van der Waals surface area contributed by atoms with Crippen molar-refractivity contribution in [2.75, 3.05) is 0 Å². The molecule has 0 N–H and O–H groups in total. The standard InChI is InChI=1S/C27H21.C6H10.C5H5.2ClH.Zr/c1-3-7-20(8-4-1)15-22-11-13-26-24(17-22)19-25-18-23(12-14-27(25)26)16-21-9-5-2-6-10-21;1-2-4-6-5-3-1;1-2-4-5-3-1;;;/h1-14,17H,15-16,19H2;1-5H2;1-5H;2*1H;/q-1;;-1;;;+2/p-2. The molecule has 5 aromatic carbocycles. The molecule has 0 unspecified atom stereocenters. The van der Waals surface area contributed by atoms with Crippen molar-refractivity contribution in [2.24, 2.45) is 0 Å². The van der Waals surface area contributed by atoms with Crippen molar-refractivity contribution in [3.05, 3.63) is 161 Å². The molecule has 0 aromatic heterocycles. The van der Waals surface area contributed by atoms with Crippen molar-refractivity contribution in [3.8, 4) is 11.1 Å². The first-order chi connectivity index (χ1) is 19.2. The van der Waals surface area contributed by atoms with Gasteiger partial charge >= 0.3 is 59.5 Å². The molecule has 0 nitrogen and oxygen atoms in total. The van der Waals surface area contributed by atoms with Crippen molar-refractivity contribution in [1.29, 1.82) is 0 Å². The molecule has 0 heterocycles. The topological polar surface area (TPSA) is 0 Å². The first kappa shape index (κ1) is 33.1. The van der Waals surface area contributed by atoms with Crippen molar-refractivity contribution >= 4 is 3.21 Å². The molecule has 1 fully saturated rings. The average Bonchev–Trinajstić information content (AvgIpc) is 3.67. The summed E-state index contributed by atoms with van der Waals surface area (Å²) < 4.78 is 1.80. The summed E-state index contributed by atoms with van der Waals surface area (Å²) in [7, 11) is 0. The van der Waals surface area contributed by atoms with Crippen LogP contribution in [-0.2, 0) is 43.5 Å². The molecule has 2 aliphatic rings. The molecule has 0 amide bonds. The number of hydrogen-bond acceptors (Lipinski definition) is 0. The van der Waals surface area contributed by atoms with E-state index < -0.39 is 0 Å². The molecule has 7 rings (SSSR count). The zero-order chi connectivity index (χ0) is 26.7. The maximum absolute atomic E-state index is 3.69. The quantitative estimate of drug-likeness (QED) is 0.256. The molecule has 41 heavy (non-hydrogen) atoms. The summed E-state index contributed by atoms with van der Waals surface area (Å²) in [5, 5.41) is 0. The predicted octanol–water partition coefficient (Wildman–Crippen LogP) is 3.32. The molecule has 3 heteroatoms. The first-order valence-corrected chi connectivity index (χ1v) is 15.4. The van der Waals surface area contributed by atoms with Gasteiger partial charge in [0, 0.05) is 0 Å². The molecular formula is C38H36Cl2Zr-2. The Morgan fingerprint density at radius 1 is 0.610 bits per heavy atom. The van der Waals surface area contributed by atoms with Gasteiger partial charge in [-0.25, -0.2) is 12.1 Å². The van der Waals surface area contributed by atoms with Gasteiger partial charge in [0.2, 0.25) is 0 Å². The van der Waals surface area contributed by atoms with Crippen LogP contribution >= 0.6 is 0 Å². The fraction of sp³-hybridized carbons (Fsp3) is 0.211. The molecule has 1 saturated carbocycles. The summed E-state index contributed by atoms with van der Waals surface area (Å²) in [6.45, 7) is 0. The summed E-state index contributed by atoms with van der Waals surface area (Å²) in [4.78, 5) is 0. The summed E-state index contributed by atoms with van der Waals surface area (Å²) >= 11 is 1.69. The van der Waals surface area contributed by atoms with Crippen molar-refractivity contribution in [3.63, 3.8) is 0 Å². The van der Waals surface area contributed by atoms with Crippen LogP contribution in [0.1, 0.15) is 65.5 Å². The van der Waals surface area contributed by atoms with Gasteiger partial charge in [0.15, 0.2) is 0 Å². The number of hydrogen-bond donors (Lipinski definition) is 0. The van der Waals surface area contributed by atoms with Crippen molar-refractivity contribution < 1.29 is 49.0 Å². The van der Waals surface area contributed by atoms with E-state index in [1.807, 2.05) is 30.3 Å². The second kappa shape index (κ2) is 17.5. The largest absolute Gasteiger partial charge is 0.214 e. The van der Waals surface area contributed by atoms with Crippen LogP contribution in [0.5, 0.6) is 0 Å². The fourth-order valence-corrected chi connectivity index (χ4v) is 6.25. The second-order valence-corrected chi connectivity index (χ2v) is 12.2. The van der Waals surface area contributed by atoms with Gasteiger partial charge in [-0.1, -0.05) is 84.4 Å². The van der Waals surface area contributed by atoms with Crippen LogP contribution in [0, 0.1) is 6.07 Å². The number of benzene rings is 4. The van der Waals surface area contributed by atoms with Gasteiger partial charge < -0.3 is 24.8 Å². The third-order valence-electron chi connectivity index (χ3n) is 7.42. The molecule has 0 atom stereocenters. The third-order valence-corrected chi connectivity index (χ3v) is 8.64. The monoisotopic (exact) mass is 652 g/mol. The van der Waals surface area contributed by atoms with E-state index in [1.165, 1.54) is 76.6 Å². The van der Waals surface area contributed by atoms with Gasteiger partial charge in [-0.05, 0) is 41.5 Å². The van der Waals surface area contributed by atoms with Gasteiger partial charge in [-0.15, -0.1) is 11.1 Å². The fourth-order valence-electron chi connectivity index (χ4n) is 5.39. The molecule has 5 aromatic rings. The third kappa shape index (κ3) is 10.1. The van der Waals surface area contributed by atoms with E-state index in [-0.39, 0.29) is 24.8 Å². The van der Waals surface area contributed by atoms with Gasteiger partial charge in [0.05, 0.1) is 0 Å². The van der Waals surface area contributed by atoms with Crippen LogP contribution < -0.4 is 24.8 Å². The van der Waals surface area contributed by atoms with Gasteiger partial charge in [-0.3, -0.25) is 0 Å². The van der Waals surface area contributed by atoms with Crippen LogP contribution in [0.15, 0.2) is 121 Å². The molecule has 0 bridgehead atoms. The smallest absolute Gasteiger partial charge is 0.00257 e. The second-order valence-electron chi connectivity index (χ2n) is 10.5. The van der Waals surface area contributed by atoms with Crippen molar-refractivity contribution in [2.45, 2.75) is 51.4 Å². The minimum atomic E-state index is 0. The molecule has 0 radical (unpaired) electrons.